The molecule has 0 radical (unpaired) electrons. The van der Waals surface area contributed by atoms with Gasteiger partial charge in [0.15, 0.2) is 18.1 Å². The highest BCUT2D eigenvalue weighted by Gasteiger charge is 2.16. The van der Waals surface area contributed by atoms with Gasteiger partial charge in [-0.1, -0.05) is 18.2 Å². The van der Waals surface area contributed by atoms with Gasteiger partial charge in [-0.15, -0.1) is 0 Å². The van der Waals surface area contributed by atoms with Gasteiger partial charge in [0, 0.05) is 35.3 Å². The van der Waals surface area contributed by atoms with Gasteiger partial charge in [-0.05, 0) is 25.1 Å². The Hall–Kier alpha value is -3.77. The van der Waals surface area contributed by atoms with Crippen LogP contribution >= 0.6 is 0 Å². The number of hydrogen-bond donors (Lipinski definition) is 0. The number of nitriles is 2. The van der Waals surface area contributed by atoms with Crippen molar-refractivity contribution in [3.63, 3.8) is 0 Å². The first-order valence-electron chi connectivity index (χ1n) is 8.95. The monoisotopic (exact) mass is 373 g/mol. The van der Waals surface area contributed by atoms with E-state index in [0.29, 0.717) is 42.2 Å². The van der Waals surface area contributed by atoms with Gasteiger partial charge in [0.25, 0.3) is 0 Å². The number of benzene rings is 2. The molecule has 140 valence electrons. The molecule has 0 amide bonds. The van der Waals surface area contributed by atoms with E-state index in [0.717, 1.165) is 10.9 Å². The van der Waals surface area contributed by atoms with Crippen LogP contribution in [0.2, 0.25) is 0 Å². The Kier molecular flexibility index (Phi) is 5.94. The van der Waals surface area contributed by atoms with Crippen molar-refractivity contribution in [3.05, 3.63) is 59.8 Å². The van der Waals surface area contributed by atoms with Crippen molar-refractivity contribution in [1.82, 2.24) is 4.57 Å². The highest BCUT2D eigenvalue weighted by Crippen LogP contribution is 2.29. The van der Waals surface area contributed by atoms with Crippen molar-refractivity contribution in [2.45, 2.75) is 19.9 Å². The number of nitrogens with zero attached hydrogens (tertiary/aromatic N) is 3. The summed E-state index contributed by atoms with van der Waals surface area (Å²) in [6.07, 6.45) is 2.14. The van der Waals surface area contributed by atoms with E-state index in [4.69, 9.17) is 20.0 Å². The number of rotatable bonds is 8. The summed E-state index contributed by atoms with van der Waals surface area (Å²) in [5, 5.41) is 18.7. The largest absolute Gasteiger partial charge is 0.490 e. The summed E-state index contributed by atoms with van der Waals surface area (Å²) in [6, 6.07) is 16.6. The van der Waals surface area contributed by atoms with E-state index < -0.39 is 0 Å². The van der Waals surface area contributed by atoms with Crippen molar-refractivity contribution in [3.8, 4) is 23.6 Å². The Morgan fingerprint density at radius 1 is 1.11 bits per heavy atom. The molecule has 0 atom stereocenters. The number of aromatic nitrogens is 1. The quantitative estimate of drug-likeness (QED) is 0.555. The minimum atomic E-state index is -0.168. The molecule has 0 aliphatic heterocycles. The maximum atomic E-state index is 12.8. The lowest BCUT2D eigenvalue weighted by Crippen LogP contribution is -2.12. The number of carbonyl (C=O) groups is 1. The molecule has 28 heavy (non-hydrogen) atoms. The molecule has 0 aliphatic carbocycles. The van der Waals surface area contributed by atoms with Crippen molar-refractivity contribution < 1.29 is 14.3 Å². The van der Waals surface area contributed by atoms with Crippen LogP contribution in [-0.4, -0.2) is 23.6 Å². The fraction of sp³-hybridized carbons (Fsp3) is 0.227. The summed E-state index contributed by atoms with van der Waals surface area (Å²) >= 11 is 0. The molecule has 2 aromatic carbocycles. The second-order valence-corrected chi connectivity index (χ2v) is 6.08. The Balaban J connectivity index is 1.83. The van der Waals surface area contributed by atoms with E-state index in [1.165, 1.54) is 0 Å². The lowest BCUT2D eigenvalue weighted by Gasteiger charge is -2.11. The molecular weight excluding hydrogens is 354 g/mol. The summed E-state index contributed by atoms with van der Waals surface area (Å²) in [5.41, 5.74) is 1.93. The highest BCUT2D eigenvalue weighted by atomic mass is 16.5. The number of carbonyl (C=O) groups excluding carboxylic acids is 1. The lowest BCUT2D eigenvalue weighted by atomic mass is 10.1. The van der Waals surface area contributed by atoms with Gasteiger partial charge in [-0.2, -0.15) is 10.5 Å². The summed E-state index contributed by atoms with van der Waals surface area (Å²) < 4.78 is 13.1. The topological polar surface area (TPSA) is 88.0 Å². The van der Waals surface area contributed by atoms with Gasteiger partial charge in [0.1, 0.15) is 0 Å². The summed E-state index contributed by atoms with van der Waals surface area (Å²) in [5.74, 6) is 0.687. The first-order chi connectivity index (χ1) is 13.7. The number of hydrogen-bond acceptors (Lipinski definition) is 5. The molecule has 6 heteroatoms. The van der Waals surface area contributed by atoms with Crippen LogP contribution in [0.1, 0.15) is 29.3 Å². The van der Waals surface area contributed by atoms with Gasteiger partial charge in [-0.3, -0.25) is 4.79 Å². The van der Waals surface area contributed by atoms with Crippen LogP contribution in [-0.2, 0) is 6.54 Å². The molecule has 3 aromatic rings. The molecule has 0 fully saturated rings. The zero-order chi connectivity index (χ0) is 19.9. The molecule has 0 unspecified atom stereocenters. The first kappa shape index (κ1) is 19.0. The maximum Gasteiger partial charge on any atom is 0.202 e. The third-order valence-electron chi connectivity index (χ3n) is 4.28. The second-order valence-electron chi connectivity index (χ2n) is 6.08. The normalized spacial score (nSPS) is 10.2. The Morgan fingerprint density at radius 3 is 2.68 bits per heavy atom. The minimum Gasteiger partial charge on any atom is -0.490 e. The van der Waals surface area contributed by atoms with Gasteiger partial charge < -0.3 is 14.0 Å². The first-order valence-corrected chi connectivity index (χ1v) is 8.95. The molecule has 0 saturated carbocycles. The van der Waals surface area contributed by atoms with Crippen LogP contribution in [0.5, 0.6) is 11.5 Å². The van der Waals surface area contributed by atoms with Crippen LogP contribution in [0.3, 0.4) is 0 Å². The van der Waals surface area contributed by atoms with E-state index in [9.17, 15) is 4.79 Å². The van der Waals surface area contributed by atoms with Crippen LogP contribution < -0.4 is 9.47 Å². The minimum absolute atomic E-state index is 0.155. The fourth-order valence-corrected chi connectivity index (χ4v) is 3.01. The van der Waals surface area contributed by atoms with Crippen LogP contribution in [0, 0.1) is 22.7 Å². The number of ether oxygens (including phenoxy) is 2. The fourth-order valence-electron chi connectivity index (χ4n) is 3.01. The molecule has 0 N–H and O–H groups in total. The molecule has 1 heterocycles. The zero-order valence-electron chi connectivity index (χ0n) is 15.5. The number of para-hydroxylation sites is 1. The van der Waals surface area contributed by atoms with Crippen molar-refractivity contribution in [2.75, 3.05) is 13.2 Å². The molecular formula is C22H19N3O3. The van der Waals surface area contributed by atoms with E-state index in [-0.39, 0.29) is 12.4 Å². The smallest absolute Gasteiger partial charge is 0.202 e. The van der Waals surface area contributed by atoms with E-state index in [1.807, 2.05) is 35.8 Å². The zero-order valence-corrected chi connectivity index (χ0v) is 15.5. The molecule has 0 bridgehead atoms. The average molecular weight is 373 g/mol. The molecule has 0 aliphatic rings. The Bertz CT molecular complexity index is 1090. The van der Waals surface area contributed by atoms with Gasteiger partial charge in [0.05, 0.1) is 30.7 Å². The van der Waals surface area contributed by atoms with Gasteiger partial charge in [-0.25, -0.2) is 0 Å². The summed E-state index contributed by atoms with van der Waals surface area (Å²) in [6.45, 7) is 2.63. The van der Waals surface area contributed by atoms with Crippen molar-refractivity contribution in [2.24, 2.45) is 0 Å². The van der Waals surface area contributed by atoms with Crippen molar-refractivity contribution >= 4 is 16.7 Å². The predicted molar refractivity (Wildman–Crippen MR) is 104 cm³/mol. The second kappa shape index (κ2) is 8.75. The standard InChI is InChI=1S/C22H19N3O3/c1-2-27-22-12-16(13-24)8-9-21(22)28-15-20(26)18-14-25(11-5-10-23)19-7-4-3-6-17(18)19/h3-4,6-9,12,14H,2,5,11,15H2,1H3. The third kappa shape index (κ3) is 3.97. The maximum absolute atomic E-state index is 12.8. The van der Waals surface area contributed by atoms with Gasteiger partial charge in [0.2, 0.25) is 5.78 Å². The number of aryl methyl sites for hydroxylation is 1. The Morgan fingerprint density at radius 2 is 1.93 bits per heavy atom. The van der Waals surface area contributed by atoms with Gasteiger partial charge >= 0.3 is 0 Å². The highest BCUT2D eigenvalue weighted by molar-refractivity contribution is 6.08. The van der Waals surface area contributed by atoms with E-state index >= 15 is 0 Å². The molecule has 1 aromatic heterocycles. The van der Waals surface area contributed by atoms with Crippen LogP contribution in [0.25, 0.3) is 10.9 Å². The summed E-state index contributed by atoms with van der Waals surface area (Å²) in [4.78, 5) is 12.8. The van der Waals surface area contributed by atoms with Crippen LogP contribution in [0.4, 0.5) is 0 Å². The Labute approximate surface area is 163 Å². The average Bonchev–Trinajstić information content (AvgIpc) is 3.10. The van der Waals surface area contributed by atoms with E-state index in [1.54, 1.807) is 24.4 Å². The number of ketones is 1. The lowest BCUT2D eigenvalue weighted by molar-refractivity contribution is 0.0920. The van der Waals surface area contributed by atoms with E-state index in [2.05, 4.69) is 12.1 Å². The predicted octanol–water partition coefficient (Wildman–Crippen LogP) is 4.09. The molecule has 6 nitrogen and oxygen atoms in total. The number of Topliss-reactive ketones (excluding diaryl/α,β-unsaturated/α-hetero) is 1. The molecule has 0 spiro atoms. The van der Waals surface area contributed by atoms with Crippen LogP contribution in [0.15, 0.2) is 48.7 Å². The third-order valence-corrected chi connectivity index (χ3v) is 4.28. The van der Waals surface area contributed by atoms with Crippen molar-refractivity contribution in [1.29, 1.82) is 10.5 Å². The molecule has 0 saturated heterocycles. The summed E-state index contributed by atoms with van der Waals surface area (Å²) in [7, 11) is 0. The number of fused-ring (bicyclic) bond motifs is 1. The molecule has 3 rings (SSSR count). The SMILES string of the molecule is CCOc1cc(C#N)ccc1OCC(=O)c1cn(CCC#N)c2ccccc12.